The van der Waals surface area contributed by atoms with E-state index in [2.05, 4.69) is 10.1 Å². The second-order valence-corrected chi connectivity index (χ2v) is 7.34. The first-order valence-electron chi connectivity index (χ1n) is 9.05. The number of rotatable bonds is 7. The Hall–Kier alpha value is -3.35. The van der Waals surface area contributed by atoms with E-state index in [4.69, 9.17) is 4.74 Å². The van der Waals surface area contributed by atoms with Crippen molar-refractivity contribution in [2.24, 2.45) is 0 Å². The normalized spacial score (nSPS) is 14.9. The van der Waals surface area contributed by atoms with Crippen molar-refractivity contribution in [1.82, 2.24) is 5.32 Å². The van der Waals surface area contributed by atoms with Gasteiger partial charge in [-0.25, -0.2) is 22.4 Å². The van der Waals surface area contributed by atoms with E-state index in [9.17, 15) is 35.9 Å². The fourth-order valence-corrected chi connectivity index (χ4v) is 3.15. The number of carbonyl (C=O) groups excluding carboxylic acids is 2. The van der Waals surface area contributed by atoms with Crippen LogP contribution in [-0.4, -0.2) is 36.7 Å². The third-order valence-corrected chi connectivity index (χ3v) is 4.90. The summed E-state index contributed by atoms with van der Waals surface area (Å²) in [5, 5.41) is 2.63. The monoisotopic (exact) mass is 492 g/mol. The van der Waals surface area contributed by atoms with Crippen LogP contribution in [0.25, 0.3) is 0 Å². The van der Waals surface area contributed by atoms with Gasteiger partial charge in [-0.15, -0.1) is 0 Å². The Balaban J connectivity index is 1.78. The zero-order valence-corrected chi connectivity index (χ0v) is 17.5. The number of nitrogens with zero attached hydrogens (tertiary/aromatic N) is 1. The van der Waals surface area contributed by atoms with Gasteiger partial charge >= 0.3 is 5.97 Å². The summed E-state index contributed by atoms with van der Waals surface area (Å²) in [5.74, 6) is -16.6. The highest BCUT2D eigenvalue weighted by molar-refractivity contribution is 7.99. The van der Waals surface area contributed by atoms with Crippen LogP contribution in [0.5, 0.6) is 5.75 Å². The topological polar surface area (TPSA) is 67.9 Å². The average molecular weight is 492 g/mol. The van der Waals surface area contributed by atoms with Crippen LogP contribution in [0.2, 0.25) is 0 Å². The molecule has 1 N–H and O–H groups in total. The Labute approximate surface area is 187 Å². The van der Waals surface area contributed by atoms with Gasteiger partial charge in [-0.1, -0.05) is 0 Å². The van der Waals surface area contributed by atoms with Gasteiger partial charge in [-0.05, 0) is 24.5 Å². The summed E-state index contributed by atoms with van der Waals surface area (Å²) in [6.45, 7) is 0.0536. The van der Waals surface area contributed by atoms with Gasteiger partial charge in [-0.3, -0.25) is 4.79 Å². The molecule has 0 fully saturated rings. The first kappa shape index (κ1) is 24.3. The van der Waals surface area contributed by atoms with E-state index in [1.807, 2.05) is 0 Å². The number of hydrogen-bond donors (Lipinski definition) is 1. The Bertz CT molecular complexity index is 1100. The molecular formula is C20H14F6N2O4S. The first-order chi connectivity index (χ1) is 15.6. The summed E-state index contributed by atoms with van der Waals surface area (Å²) >= 11 is 1.32. The quantitative estimate of drug-likeness (QED) is 0.208. The lowest BCUT2D eigenvalue weighted by atomic mass is 10.1. The smallest absolute Gasteiger partial charge is 0.346 e. The highest BCUT2D eigenvalue weighted by Crippen LogP contribution is 2.30. The van der Waals surface area contributed by atoms with Crippen molar-refractivity contribution in [3.05, 3.63) is 71.1 Å². The van der Waals surface area contributed by atoms with E-state index in [-0.39, 0.29) is 23.9 Å². The Morgan fingerprint density at radius 1 is 1.06 bits per heavy atom. The van der Waals surface area contributed by atoms with Gasteiger partial charge in [-0.2, -0.15) is 20.5 Å². The molecule has 176 valence electrons. The van der Waals surface area contributed by atoms with Crippen molar-refractivity contribution >= 4 is 29.3 Å². The number of benzene rings is 2. The minimum absolute atomic E-state index is 0.0536. The van der Waals surface area contributed by atoms with Crippen LogP contribution in [0, 0.1) is 34.9 Å². The van der Waals surface area contributed by atoms with Crippen LogP contribution in [-0.2, 0) is 9.53 Å². The van der Waals surface area contributed by atoms with Gasteiger partial charge < -0.3 is 19.7 Å². The van der Waals surface area contributed by atoms with Gasteiger partial charge in [0.1, 0.15) is 12.1 Å². The molecule has 1 aliphatic rings. The largest absolute Gasteiger partial charge is 0.474 e. The standard InChI is InChI=1S/C20H14F6N2O4S/c1-33-8-12(29)27-7-13-28(4-5-31-13)9-2-3-10(11(21)6-9)20(30)32-19-17(25)15(23)14(22)16(24)18(19)26/h2-6,13H,7-8H2,1H3,(H,27,29). The van der Waals surface area contributed by atoms with E-state index in [0.29, 0.717) is 0 Å². The minimum Gasteiger partial charge on any atom is -0.474 e. The van der Waals surface area contributed by atoms with E-state index < -0.39 is 58.4 Å². The van der Waals surface area contributed by atoms with Crippen LogP contribution >= 0.6 is 11.8 Å². The summed E-state index contributed by atoms with van der Waals surface area (Å²) in [4.78, 5) is 25.2. The lowest BCUT2D eigenvalue weighted by Crippen LogP contribution is -2.40. The fourth-order valence-electron chi connectivity index (χ4n) is 2.79. The van der Waals surface area contributed by atoms with Crippen LogP contribution in [0.4, 0.5) is 32.0 Å². The zero-order chi connectivity index (χ0) is 24.3. The van der Waals surface area contributed by atoms with Crippen LogP contribution in [0.15, 0.2) is 30.7 Å². The van der Waals surface area contributed by atoms with Crippen molar-refractivity contribution in [3.63, 3.8) is 0 Å². The first-order valence-corrected chi connectivity index (χ1v) is 10.4. The molecule has 3 rings (SSSR count). The maximum atomic E-state index is 14.6. The number of anilines is 1. The van der Waals surface area contributed by atoms with Gasteiger partial charge in [0.2, 0.25) is 40.7 Å². The summed E-state index contributed by atoms with van der Waals surface area (Å²) < 4.78 is 91.2. The van der Waals surface area contributed by atoms with Crippen molar-refractivity contribution in [2.45, 2.75) is 6.23 Å². The molecule has 6 nitrogen and oxygen atoms in total. The number of ether oxygens (including phenoxy) is 2. The lowest BCUT2D eigenvalue weighted by Gasteiger charge is -2.24. The van der Waals surface area contributed by atoms with Gasteiger partial charge in [0.15, 0.2) is 6.23 Å². The number of hydrogen-bond acceptors (Lipinski definition) is 6. The minimum atomic E-state index is -2.43. The summed E-state index contributed by atoms with van der Waals surface area (Å²) in [6, 6.07) is 2.99. The number of carbonyl (C=O) groups is 2. The fraction of sp³-hybridized carbons (Fsp3) is 0.200. The second kappa shape index (κ2) is 10.1. The third kappa shape index (κ3) is 5.02. The molecule has 1 aliphatic heterocycles. The van der Waals surface area contributed by atoms with E-state index in [1.165, 1.54) is 35.2 Å². The number of esters is 1. The predicted molar refractivity (Wildman–Crippen MR) is 105 cm³/mol. The molecule has 2 aromatic carbocycles. The molecule has 0 bridgehead atoms. The van der Waals surface area contributed by atoms with Gasteiger partial charge in [0.25, 0.3) is 0 Å². The molecule has 1 heterocycles. The second-order valence-electron chi connectivity index (χ2n) is 6.47. The molecule has 0 saturated heterocycles. The number of nitrogens with one attached hydrogen (secondary N) is 1. The van der Waals surface area contributed by atoms with Crippen molar-refractivity contribution < 1.29 is 45.4 Å². The predicted octanol–water partition coefficient (Wildman–Crippen LogP) is 3.85. The van der Waals surface area contributed by atoms with Crippen LogP contribution < -0.4 is 15.0 Å². The van der Waals surface area contributed by atoms with Crippen molar-refractivity contribution in [2.75, 3.05) is 23.5 Å². The molecule has 0 saturated carbocycles. The Morgan fingerprint density at radius 2 is 1.70 bits per heavy atom. The molecule has 1 atom stereocenters. The molecule has 0 aromatic heterocycles. The zero-order valence-electron chi connectivity index (χ0n) is 16.6. The third-order valence-electron chi connectivity index (χ3n) is 4.35. The van der Waals surface area contributed by atoms with Gasteiger partial charge in [0.05, 0.1) is 17.9 Å². The van der Waals surface area contributed by atoms with Crippen molar-refractivity contribution in [1.29, 1.82) is 0 Å². The summed E-state index contributed by atoms with van der Waals surface area (Å²) in [7, 11) is 0. The molecule has 1 amide bonds. The van der Waals surface area contributed by atoms with Crippen molar-refractivity contribution in [3.8, 4) is 5.75 Å². The van der Waals surface area contributed by atoms with E-state index >= 15 is 0 Å². The number of thioether (sulfide) groups is 1. The molecule has 0 radical (unpaired) electrons. The van der Waals surface area contributed by atoms with E-state index in [0.717, 1.165) is 12.1 Å². The Morgan fingerprint density at radius 3 is 2.30 bits per heavy atom. The van der Waals surface area contributed by atoms with Crippen LogP contribution in [0.3, 0.4) is 0 Å². The molecule has 0 aliphatic carbocycles. The van der Waals surface area contributed by atoms with Gasteiger partial charge in [0, 0.05) is 11.9 Å². The molecule has 2 aromatic rings. The molecular weight excluding hydrogens is 478 g/mol. The molecule has 1 unspecified atom stereocenters. The Kier molecular flexibility index (Phi) is 7.41. The maximum absolute atomic E-state index is 14.6. The number of halogens is 6. The molecule has 13 heteroatoms. The lowest BCUT2D eigenvalue weighted by molar-refractivity contribution is -0.118. The maximum Gasteiger partial charge on any atom is 0.346 e. The summed E-state index contributed by atoms with van der Waals surface area (Å²) in [6.07, 6.45) is 3.77. The molecule has 33 heavy (non-hydrogen) atoms. The highest BCUT2D eigenvalue weighted by Gasteiger charge is 2.30. The highest BCUT2D eigenvalue weighted by atomic mass is 32.2. The SMILES string of the molecule is CSCC(=O)NCC1OC=CN1c1ccc(C(=O)Oc2c(F)c(F)c(F)c(F)c2F)c(F)c1. The summed E-state index contributed by atoms with van der Waals surface area (Å²) in [5.41, 5.74) is -0.644. The van der Waals surface area contributed by atoms with Crippen LogP contribution in [0.1, 0.15) is 10.4 Å². The number of amides is 1. The van der Waals surface area contributed by atoms with E-state index in [1.54, 1.807) is 6.26 Å². The average Bonchev–Trinajstić information content (AvgIpc) is 3.26. The molecule has 0 spiro atoms.